The van der Waals surface area contributed by atoms with Gasteiger partial charge in [-0.15, -0.1) is 0 Å². The number of hydrogen-bond acceptors (Lipinski definition) is 5. The highest BCUT2D eigenvalue weighted by molar-refractivity contribution is 7.92. The van der Waals surface area contributed by atoms with E-state index < -0.39 is 22.5 Å². The predicted molar refractivity (Wildman–Crippen MR) is 140 cm³/mol. The summed E-state index contributed by atoms with van der Waals surface area (Å²) in [5, 5.41) is 7.30. The number of anilines is 2. The number of halogens is 2. The van der Waals surface area contributed by atoms with Crippen LogP contribution in [0.25, 0.3) is 0 Å². The van der Waals surface area contributed by atoms with E-state index in [9.17, 15) is 18.0 Å². The van der Waals surface area contributed by atoms with E-state index in [0.29, 0.717) is 22.5 Å². The third-order valence-corrected chi connectivity index (χ3v) is 6.68. The summed E-state index contributed by atoms with van der Waals surface area (Å²) < 4.78 is 25.4. The maximum atomic E-state index is 12.5. The first-order valence-electron chi connectivity index (χ1n) is 10.3. The van der Waals surface area contributed by atoms with Crippen LogP contribution in [0.5, 0.6) is 0 Å². The fourth-order valence-electron chi connectivity index (χ4n) is 3.03. The quantitative estimate of drug-likeness (QED) is 0.327. The third kappa shape index (κ3) is 7.29. The summed E-state index contributed by atoms with van der Waals surface area (Å²) in [6.45, 7) is 1.16. The number of nitrogens with zero attached hydrogens (tertiary/aromatic N) is 2. The van der Waals surface area contributed by atoms with Crippen LogP contribution in [-0.4, -0.2) is 38.7 Å². The second kappa shape index (κ2) is 11.4. The second-order valence-corrected chi connectivity index (χ2v) is 10.2. The van der Waals surface area contributed by atoms with E-state index in [1.165, 1.54) is 18.2 Å². The molecule has 0 aliphatic rings. The summed E-state index contributed by atoms with van der Waals surface area (Å²) in [4.78, 5) is 24.9. The van der Waals surface area contributed by atoms with Gasteiger partial charge in [-0.3, -0.25) is 13.9 Å². The lowest BCUT2D eigenvalue weighted by Gasteiger charge is -2.21. The van der Waals surface area contributed by atoms with E-state index in [1.807, 2.05) is 6.07 Å². The molecule has 2 N–H and O–H groups in total. The first kappa shape index (κ1) is 26.2. The van der Waals surface area contributed by atoms with E-state index in [2.05, 4.69) is 15.8 Å². The van der Waals surface area contributed by atoms with Gasteiger partial charge in [0.2, 0.25) is 10.0 Å². The van der Waals surface area contributed by atoms with E-state index in [0.717, 1.165) is 10.6 Å². The first-order valence-corrected chi connectivity index (χ1v) is 12.9. The molecule has 0 saturated carbocycles. The monoisotopic (exact) mass is 532 g/mol. The molecule has 3 rings (SSSR count). The highest BCUT2D eigenvalue weighted by atomic mass is 35.5. The maximum Gasteiger partial charge on any atom is 0.260 e. The number of hydrazone groups is 1. The molecule has 3 aromatic carbocycles. The lowest BCUT2D eigenvalue weighted by Crippen LogP contribution is -2.39. The van der Waals surface area contributed by atoms with Crippen LogP contribution in [-0.2, 0) is 14.8 Å². The number of hydrogen-bond donors (Lipinski definition) is 2. The molecule has 0 aliphatic heterocycles. The van der Waals surface area contributed by atoms with Gasteiger partial charge in [-0.25, -0.2) is 13.8 Å². The Labute approximate surface area is 213 Å². The van der Waals surface area contributed by atoms with Crippen molar-refractivity contribution < 1.29 is 18.0 Å². The number of carbonyl (C=O) groups excluding carboxylic acids is 2. The molecule has 11 heteroatoms. The Hall–Kier alpha value is -3.40. The average molecular weight is 533 g/mol. The van der Waals surface area contributed by atoms with Gasteiger partial charge in [-0.1, -0.05) is 53.5 Å². The van der Waals surface area contributed by atoms with Crippen molar-refractivity contribution in [3.8, 4) is 0 Å². The van der Waals surface area contributed by atoms with Gasteiger partial charge in [-0.2, -0.15) is 5.10 Å². The molecule has 0 heterocycles. The molecule has 35 heavy (non-hydrogen) atoms. The Morgan fingerprint density at radius 1 is 0.914 bits per heavy atom. The average Bonchev–Trinajstić information content (AvgIpc) is 2.83. The second-order valence-electron chi connectivity index (χ2n) is 7.50. The Balaban J connectivity index is 1.69. The van der Waals surface area contributed by atoms with Gasteiger partial charge in [0.15, 0.2) is 0 Å². The maximum absolute atomic E-state index is 12.5. The zero-order chi connectivity index (χ0) is 25.6. The van der Waals surface area contributed by atoms with Crippen LogP contribution in [0.1, 0.15) is 22.8 Å². The van der Waals surface area contributed by atoms with E-state index in [1.54, 1.807) is 55.5 Å². The number of sulfonamides is 1. The summed E-state index contributed by atoms with van der Waals surface area (Å²) in [7, 11) is -3.79. The fraction of sp³-hybridized carbons (Fsp3) is 0.125. The zero-order valence-electron chi connectivity index (χ0n) is 18.8. The van der Waals surface area contributed by atoms with Gasteiger partial charge in [0.25, 0.3) is 11.8 Å². The molecule has 3 aromatic rings. The smallest absolute Gasteiger partial charge is 0.260 e. The van der Waals surface area contributed by atoms with Crippen molar-refractivity contribution in [2.45, 2.75) is 6.92 Å². The van der Waals surface area contributed by atoms with Crippen LogP contribution in [0.3, 0.4) is 0 Å². The minimum Gasteiger partial charge on any atom is -0.322 e. The molecule has 0 bridgehead atoms. The number of benzene rings is 3. The van der Waals surface area contributed by atoms with Gasteiger partial charge >= 0.3 is 0 Å². The summed E-state index contributed by atoms with van der Waals surface area (Å²) in [5.74, 6) is -0.914. The summed E-state index contributed by atoms with van der Waals surface area (Å²) >= 11 is 11.9. The predicted octanol–water partition coefficient (Wildman–Crippen LogP) is 4.55. The molecule has 0 aliphatic carbocycles. The standard InChI is InChI=1S/C24H22Cl2N4O4S/c1-16(18-9-6-10-19(13-18)27-24(32)17-7-4-3-5-8-17)28-29-23(31)15-30(35(2,33)34)20-11-12-21(25)22(26)14-20/h3-14H,15H2,1-2H3,(H,27,32)(H,29,31)/b28-16-. The summed E-state index contributed by atoms with van der Waals surface area (Å²) in [5.41, 5.74) is 4.74. The van der Waals surface area contributed by atoms with Crippen molar-refractivity contribution in [3.63, 3.8) is 0 Å². The summed E-state index contributed by atoms with van der Waals surface area (Å²) in [6.07, 6.45) is 0.979. The van der Waals surface area contributed by atoms with Crippen LogP contribution in [0.15, 0.2) is 77.9 Å². The molecule has 0 atom stereocenters. The molecule has 182 valence electrons. The topological polar surface area (TPSA) is 108 Å². The molecular weight excluding hydrogens is 511 g/mol. The van der Waals surface area contributed by atoms with Gasteiger partial charge < -0.3 is 5.32 Å². The van der Waals surface area contributed by atoms with Crippen molar-refractivity contribution in [3.05, 3.63) is 94.0 Å². The lowest BCUT2D eigenvalue weighted by molar-refractivity contribution is -0.119. The minimum absolute atomic E-state index is 0.159. The Morgan fingerprint density at radius 3 is 2.26 bits per heavy atom. The molecule has 0 fully saturated rings. The number of rotatable bonds is 8. The van der Waals surface area contributed by atoms with E-state index >= 15 is 0 Å². The summed E-state index contributed by atoms with van der Waals surface area (Å²) in [6, 6.07) is 20.0. The largest absolute Gasteiger partial charge is 0.322 e. The SMILES string of the molecule is C/C(=N/NC(=O)CN(c1ccc(Cl)c(Cl)c1)S(C)(=O)=O)c1cccc(NC(=O)c2ccccc2)c1. The lowest BCUT2D eigenvalue weighted by atomic mass is 10.1. The van der Waals surface area contributed by atoms with Gasteiger partial charge in [0.05, 0.1) is 27.7 Å². The van der Waals surface area contributed by atoms with Crippen molar-refractivity contribution in [2.24, 2.45) is 5.10 Å². The number of nitrogens with one attached hydrogen (secondary N) is 2. The first-order chi connectivity index (χ1) is 16.5. The van der Waals surface area contributed by atoms with Crippen LogP contribution in [0, 0.1) is 0 Å². The Bertz CT molecular complexity index is 1380. The van der Waals surface area contributed by atoms with Crippen molar-refractivity contribution in [1.82, 2.24) is 5.43 Å². The van der Waals surface area contributed by atoms with Crippen molar-refractivity contribution in [2.75, 3.05) is 22.4 Å². The molecule has 0 aromatic heterocycles. The highest BCUT2D eigenvalue weighted by Crippen LogP contribution is 2.28. The zero-order valence-corrected chi connectivity index (χ0v) is 21.2. The Morgan fingerprint density at radius 2 is 1.60 bits per heavy atom. The Kier molecular flexibility index (Phi) is 8.50. The van der Waals surface area contributed by atoms with Crippen LogP contribution >= 0.6 is 23.2 Å². The van der Waals surface area contributed by atoms with Crippen LogP contribution in [0.2, 0.25) is 10.0 Å². The molecular formula is C24H22Cl2N4O4S. The van der Waals surface area contributed by atoms with E-state index in [-0.39, 0.29) is 21.6 Å². The molecule has 2 amide bonds. The van der Waals surface area contributed by atoms with Crippen LogP contribution in [0.4, 0.5) is 11.4 Å². The number of carbonyl (C=O) groups is 2. The van der Waals surface area contributed by atoms with Gasteiger partial charge in [-0.05, 0) is 55.0 Å². The molecule has 0 saturated heterocycles. The van der Waals surface area contributed by atoms with Gasteiger partial charge in [0, 0.05) is 11.3 Å². The van der Waals surface area contributed by atoms with Crippen LogP contribution < -0.4 is 15.0 Å². The number of amides is 2. The third-order valence-electron chi connectivity index (χ3n) is 4.80. The highest BCUT2D eigenvalue weighted by Gasteiger charge is 2.21. The van der Waals surface area contributed by atoms with Crippen molar-refractivity contribution in [1.29, 1.82) is 0 Å². The minimum atomic E-state index is -3.79. The molecule has 0 spiro atoms. The fourth-order valence-corrected chi connectivity index (χ4v) is 4.17. The van der Waals surface area contributed by atoms with Crippen molar-refractivity contribution >= 4 is 62.1 Å². The van der Waals surface area contributed by atoms with Gasteiger partial charge in [0.1, 0.15) is 6.54 Å². The molecule has 0 unspecified atom stereocenters. The molecule has 0 radical (unpaired) electrons. The van der Waals surface area contributed by atoms with E-state index in [4.69, 9.17) is 23.2 Å². The molecule has 8 nitrogen and oxygen atoms in total. The normalized spacial score (nSPS) is 11.6.